The summed E-state index contributed by atoms with van der Waals surface area (Å²) in [6.07, 6.45) is 2.05. The third-order valence-electron chi connectivity index (χ3n) is 2.72. The number of nitrogens with zero attached hydrogens (tertiary/aromatic N) is 2. The van der Waals surface area contributed by atoms with E-state index >= 15 is 0 Å². The van der Waals surface area contributed by atoms with Crippen LogP contribution in [0, 0.1) is 0 Å². The highest BCUT2D eigenvalue weighted by molar-refractivity contribution is 7.80. The van der Waals surface area contributed by atoms with Crippen molar-refractivity contribution >= 4 is 23.1 Å². The van der Waals surface area contributed by atoms with Crippen LogP contribution in [0.4, 0.5) is 0 Å². The minimum absolute atomic E-state index is 0.0882. The van der Waals surface area contributed by atoms with Gasteiger partial charge in [0.25, 0.3) is 0 Å². The standard InChI is InChI=1S/C12H25N3O2S/c1-3-6-15(9-10-16)8-5-12(17)14(2)7-4-11(13)18/h16H,3-10H2,1-2H3,(H2,13,18). The second-order valence-corrected chi connectivity index (χ2v) is 4.87. The molecule has 0 bridgehead atoms. The molecule has 0 saturated heterocycles. The zero-order valence-electron chi connectivity index (χ0n) is 11.4. The van der Waals surface area contributed by atoms with Gasteiger partial charge in [-0.1, -0.05) is 19.1 Å². The lowest BCUT2D eigenvalue weighted by molar-refractivity contribution is -0.130. The van der Waals surface area contributed by atoms with Gasteiger partial charge in [0, 0.05) is 39.5 Å². The van der Waals surface area contributed by atoms with Crippen molar-refractivity contribution in [3.05, 3.63) is 0 Å². The minimum atomic E-state index is 0.0882. The highest BCUT2D eigenvalue weighted by atomic mass is 32.1. The predicted molar refractivity (Wildman–Crippen MR) is 77.5 cm³/mol. The van der Waals surface area contributed by atoms with E-state index in [9.17, 15) is 4.79 Å². The average molecular weight is 275 g/mol. The van der Waals surface area contributed by atoms with Crippen LogP contribution in [0.3, 0.4) is 0 Å². The van der Waals surface area contributed by atoms with Crippen molar-refractivity contribution in [2.45, 2.75) is 26.2 Å². The van der Waals surface area contributed by atoms with Gasteiger partial charge in [-0.3, -0.25) is 4.79 Å². The third-order valence-corrected chi connectivity index (χ3v) is 2.92. The summed E-state index contributed by atoms with van der Waals surface area (Å²) in [5, 5.41) is 8.92. The van der Waals surface area contributed by atoms with Crippen LogP contribution in [0.1, 0.15) is 26.2 Å². The molecule has 106 valence electrons. The molecule has 0 heterocycles. The number of aliphatic hydroxyl groups is 1. The molecule has 0 fully saturated rings. The Bertz CT molecular complexity index is 256. The van der Waals surface area contributed by atoms with Gasteiger partial charge in [0.2, 0.25) is 5.91 Å². The van der Waals surface area contributed by atoms with Crippen LogP contribution in [0.2, 0.25) is 0 Å². The fourth-order valence-corrected chi connectivity index (χ4v) is 1.73. The van der Waals surface area contributed by atoms with E-state index < -0.39 is 0 Å². The molecule has 0 saturated carbocycles. The van der Waals surface area contributed by atoms with Crippen molar-refractivity contribution in [1.82, 2.24) is 9.80 Å². The summed E-state index contributed by atoms with van der Waals surface area (Å²) in [6.45, 7) is 5.00. The third kappa shape index (κ3) is 8.38. The molecule has 0 spiro atoms. The second kappa shape index (κ2) is 10.2. The SMILES string of the molecule is CCCN(CCO)CCC(=O)N(C)CCC(N)=S. The van der Waals surface area contributed by atoms with Crippen molar-refractivity contribution in [2.24, 2.45) is 5.73 Å². The van der Waals surface area contributed by atoms with Gasteiger partial charge in [-0.25, -0.2) is 0 Å². The number of rotatable bonds is 10. The highest BCUT2D eigenvalue weighted by Gasteiger charge is 2.11. The van der Waals surface area contributed by atoms with Gasteiger partial charge in [-0.2, -0.15) is 0 Å². The van der Waals surface area contributed by atoms with Crippen molar-refractivity contribution in [3.8, 4) is 0 Å². The maximum absolute atomic E-state index is 11.8. The van der Waals surface area contributed by atoms with Crippen molar-refractivity contribution in [2.75, 3.05) is 39.8 Å². The van der Waals surface area contributed by atoms with Gasteiger partial charge in [-0.05, 0) is 13.0 Å². The molecule has 6 heteroatoms. The number of carbonyl (C=O) groups is 1. The van der Waals surface area contributed by atoms with E-state index in [0.29, 0.717) is 37.5 Å². The fraction of sp³-hybridized carbons (Fsp3) is 0.833. The summed E-state index contributed by atoms with van der Waals surface area (Å²) >= 11 is 4.78. The number of hydrogen-bond acceptors (Lipinski definition) is 4. The van der Waals surface area contributed by atoms with Gasteiger partial charge >= 0.3 is 0 Å². The molecule has 1 amide bonds. The fourth-order valence-electron chi connectivity index (χ4n) is 1.64. The van der Waals surface area contributed by atoms with Crippen LogP contribution in [-0.4, -0.2) is 65.6 Å². The summed E-state index contributed by atoms with van der Waals surface area (Å²) in [7, 11) is 1.76. The van der Waals surface area contributed by atoms with E-state index in [-0.39, 0.29) is 12.5 Å². The molecular formula is C12H25N3O2S. The van der Waals surface area contributed by atoms with Crippen LogP contribution in [0.15, 0.2) is 0 Å². The number of carbonyl (C=O) groups excluding carboxylic acids is 1. The van der Waals surface area contributed by atoms with E-state index in [2.05, 4.69) is 11.8 Å². The van der Waals surface area contributed by atoms with E-state index in [0.717, 1.165) is 13.0 Å². The monoisotopic (exact) mass is 275 g/mol. The Morgan fingerprint density at radius 3 is 2.39 bits per heavy atom. The Morgan fingerprint density at radius 1 is 1.22 bits per heavy atom. The van der Waals surface area contributed by atoms with Crippen LogP contribution >= 0.6 is 12.2 Å². The lowest BCUT2D eigenvalue weighted by atomic mass is 10.3. The van der Waals surface area contributed by atoms with E-state index in [1.54, 1.807) is 11.9 Å². The molecule has 0 aliphatic carbocycles. The first-order valence-electron chi connectivity index (χ1n) is 6.36. The Labute approximate surface area is 115 Å². The lowest BCUT2D eigenvalue weighted by Gasteiger charge is -2.22. The summed E-state index contributed by atoms with van der Waals surface area (Å²) in [5.74, 6) is 0.0882. The van der Waals surface area contributed by atoms with Crippen molar-refractivity contribution < 1.29 is 9.90 Å². The van der Waals surface area contributed by atoms with E-state index in [4.69, 9.17) is 23.1 Å². The minimum Gasteiger partial charge on any atom is -0.395 e. The Balaban J connectivity index is 3.94. The maximum Gasteiger partial charge on any atom is 0.223 e. The lowest BCUT2D eigenvalue weighted by Crippen LogP contribution is -2.35. The first-order chi connectivity index (χ1) is 8.51. The predicted octanol–water partition coefficient (Wildman–Crippen LogP) is 0.215. The van der Waals surface area contributed by atoms with Gasteiger partial charge in [0.05, 0.1) is 11.6 Å². The largest absolute Gasteiger partial charge is 0.395 e. The number of aliphatic hydroxyl groups excluding tert-OH is 1. The zero-order chi connectivity index (χ0) is 14.0. The van der Waals surface area contributed by atoms with Crippen LogP contribution in [0.25, 0.3) is 0 Å². The first-order valence-corrected chi connectivity index (χ1v) is 6.77. The van der Waals surface area contributed by atoms with E-state index in [1.165, 1.54) is 0 Å². The van der Waals surface area contributed by atoms with Gasteiger partial charge in [0.1, 0.15) is 0 Å². The smallest absolute Gasteiger partial charge is 0.223 e. The summed E-state index contributed by atoms with van der Waals surface area (Å²) in [6, 6.07) is 0. The molecule has 0 aromatic rings. The molecule has 18 heavy (non-hydrogen) atoms. The van der Waals surface area contributed by atoms with Gasteiger partial charge in [-0.15, -0.1) is 0 Å². The van der Waals surface area contributed by atoms with Crippen LogP contribution in [-0.2, 0) is 4.79 Å². The molecule has 0 aromatic carbocycles. The topological polar surface area (TPSA) is 69.8 Å². The number of thiocarbonyl (C=S) groups is 1. The number of amides is 1. The average Bonchev–Trinajstić information content (AvgIpc) is 2.33. The van der Waals surface area contributed by atoms with E-state index in [1.807, 2.05) is 0 Å². The number of hydrogen-bond donors (Lipinski definition) is 2. The molecule has 0 unspecified atom stereocenters. The molecule has 0 rings (SSSR count). The molecule has 0 aromatic heterocycles. The summed E-state index contributed by atoms with van der Waals surface area (Å²) in [4.78, 5) is 16.0. The molecule has 0 aliphatic rings. The summed E-state index contributed by atoms with van der Waals surface area (Å²) < 4.78 is 0. The zero-order valence-corrected chi connectivity index (χ0v) is 12.2. The Morgan fingerprint density at radius 2 is 1.89 bits per heavy atom. The van der Waals surface area contributed by atoms with Crippen molar-refractivity contribution in [3.63, 3.8) is 0 Å². The number of nitrogens with two attached hydrogens (primary N) is 1. The molecule has 5 nitrogen and oxygen atoms in total. The Kier molecular flexibility index (Phi) is 9.82. The van der Waals surface area contributed by atoms with Crippen LogP contribution in [0.5, 0.6) is 0 Å². The molecule has 0 aliphatic heterocycles. The van der Waals surface area contributed by atoms with Crippen LogP contribution < -0.4 is 5.73 Å². The maximum atomic E-state index is 11.8. The quantitative estimate of drug-likeness (QED) is 0.558. The first kappa shape index (κ1) is 17.3. The molecule has 0 atom stereocenters. The second-order valence-electron chi connectivity index (χ2n) is 4.35. The van der Waals surface area contributed by atoms with Crippen molar-refractivity contribution in [1.29, 1.82) is 0 Å². The van der Waals surface area contributed by atoms with Gasteiger partial charge in [0.15, 0.2) is 0 Å². The molecule has 0 radical (unpaired) electrons. The Hall–Kier alpha value is -0.720. The normalized spacial score (nSPS) is 10.7. The summed E-state index contributed by atoms with van der Waals surface area (Å²) in [5.41, 5.74) is 5.40. The van der Waals surface area contributed by atoms with Gasteiger partial charge < -0.3 is 20.6 Å². The highest BCUT2D eigenvalue weighted by Crippen LogP contribution is 1.98. The molecular weight excluding hydrogens is 250 g/mol. The molecule has 3 N–H and O–H groups in total.